The minimum absolute atomic E-state index is 0.104. The fraction of sp³-hybridized carbons (Fsp3) is 0.450. The van der Waals surface area contributed by atoms with E-state index in [9.17, 15) is 18.0 Å². The normalized spacial score (nSPS) is 18.6. The summed E-state index contributed by atoms with van der Waals surface area (Å²) in [5, 5.41) is 0. The van der Waals surface area contributed by atoms with E-state index in [2.05, 4.69) is 4.90 Å². The monoisotopic (exact) mass is 381 g/mol. The summed E-state index contributed by atoms with van der Waals surface area (Å²) in [7, 11) is 1.60. The standard InChI is InChI=1S/C20H22F3NO3/c1-26-13-18-9-8-17(27-18)12-24-10-2-3-15(11-24)19(25)14-4-6-16(7-5-14)20(21,22)23/h4-9,15H,2-3,10-13H2,1H3. The van der Waals surface area contributed by atoms with Crippen molar-refractivity contribution in [3.63, 3.8) is 0 Å². The Morgan fingerprint density at radius 1 is 1.19 bits per heavy atom. The average Bonchev–Trinajstić information content (AvgIpc) is 3.08. The van der Waals surface area contributed by atoms with E-state index in [0.717, 1.165) is 43.0 Å². The lowest BCUT2D eigenvalue weighted by Gasteiger charge is -2.31. The highest BCUT2D eigenvalue weighted by molar-refractivity contribution is 5.98. The van der Waals surface area contributed by atoms with Crippen molar-refractivity contribution in [3.05, 3.63) is 59.0 Å². The molecule has 0 saturated carbocycles. The number of carbonyl (C=O) groups excluding carboxylic acids is 1. The van der Waals surface area contributed by atoms with Gasteiger partial charge in [-0.25, -0.2) is 0 Å². The van der Waals surface area contributed by atoms with Crippen LogP contribution in [0.3, 0.4) is 0 Å². The second kappa shape index (κ2) is 8.27. The summed E-state index contributed by atoms with van der Waals surface area (Å²) < 4.78 is 48.8. The van der Waals surface area contributed by atoms with Crippen LogP contribution in [0.2, 0.25) is 0 Å². The lowest BCUT2D eigenvalue weighted by atomic mass is 9.89. The Hall–Kier alpha value is -2.12. The van der Waals surface area contributed by atoms with Crippen LogP contribution in [0.1, 0.15) is 40.3 Å². The first-order valence-corrected chi connectivity index (χ1v) is 8.87. The number of hydrogen-bond acceptors (Lipinski definition) is 4. The Morgan fingerprint density at radius 2 is 1.89 bits per heavy atom. The van der Waals surface area contributed by atoms with Crippen molar-refractivity contribution in [1.29, 1.82) is 0 Å². The molecule has 27 heavy (non-hydrogen) atoms. The number of alkyl halides is 3. The van der Waals surface area contributed by atoms with E-state index in [0.29, 0.717) is 25.3 Å². The number of hydrogen-bond donors (Lipinski definition) is 0. The molecule has 2 aromatic rings. The van der Waals surface area contributed by atoms with Crippen molar-refractivity contribution >= 4 is 5.78 Å². The van der Waals surface area contributed by atoms with Gasteiger partial charge in [-0.3, -0.25) is 9.69 Å². The molecular formula is C20H22F3NO3. The quantitative estimate of drug-likeness (QED) is 0.689. The molecule has 7 heteroatoms. The maximum atomic E-state index is 12.7. The molecule has 1 aromatic carbocycles. The summed E-state index contributed by atoms with van der Waals surface area (Å²) in [4.78, 5) is 14.8. The predicted octanol–water partition coefficient (Wildman–Crippen LogP) is 4.54. The van der Waals surface area contributed by atoms with Gasteiger partial charge in [0.25, 0.3) is 0 Å². The van der Waals surface area contributed by atoms with Crippen LogP contribution in [-0.4, -0.2) is 30.9 Å². The maximum absolute atomic E-state index is 12.7. The molecule has 0 N–H and O–H groups in total. The number of ether oxygens (including phenoxy) is 1. The lowest BCUT2D eigenvalue weighted by molar-refractivity contribution is -0.137. The fourth-order valence-corrected chi connectivity index (χ4v) is 3.42. The third kappa shape index (κ3) is 4.99. The maximum Gasteiger partial charge on any atom is 0.416 e. The molecule has 1 unspecified atom stereocenters. The van der Waals surface area contributed by atoms with Gasteiger partial charge in [0.1, 0.15) is 18.1 Å². The van der Waals surface area contributed by atoms with Crippen molar-refractivity contribution in [2.24, 2.45) is 5.92 Å². The summed E-state index contributed by atoms with van der Waals surface area (Å²) in [5.74, 6) is 1.24. The molecule has 0 radical (unpaired) electrons. The van der Waals surface area contributed by atoms with Gasteiger partial charge in [-0.2, -0.15) is 13.2 Å². The Kier molecular flexibility index (Phi) is 6.01. The van der Waals surface area contributed by atoms with Crippen LogP contribution in [0.25, 0.3) is 0 Å². The largest absolute Gasteiger partial charge is 0.462 e. The minimum atomic E-state index is -4.39. The lowest BCUT2D eigenvalue weighted by Crippen LogP contribution is -2.38. The summed E-state index contributed by atoms with van der Waals surface area (Å²) in [5.41, 5.74) is -0.413. The molecule has 0 bridgehead atoms. The number of carbonyl (C=O) groups is 1. The molecular weight excluding hydrogens is 359 g/mol. The number of likely N-dealkylation sites (tertiary alicyclic amines) is 1. The molecule has 0 amide bonds. The van der Waals surface area contributed by atoms with Crippen LogP contribution in [0.15, 0.2) is 40.8 Å². The fourth-order valence-electron chi connectivity index (χ4n) is 3.42. The third-order valence-electron chi connectivity index (χ3n) is 4.76. The smallest absolute Gasteiger partial charge is 0.416 e. The highest BCUT2D eigenvalue weighted by Crippen LogP contribution is 2.30. The zero-order valence-corrected chi connectivity index (χ0v) is 15.1. The van der Waals surface area contributed by atoms with E-state index in [1.54, 1.807) is 7.11 Å². The molecule has 0 aliphatic carbocycles. The van der Waals surface area contributed by atoms with Crippen LogP contribution < -0.4 is 0 Å². The van der Waals surface area contributed by atoms with E-state index in [1.165, 1.54) is 12.1 Å². The van der Waals surface area contributed by atoms with E-state index >= 15 is 0 Å². The number of Topliss-reactive ketones (excluding diaryl/α,β-unsaturated/α-hetero) is 1. The predicted molar refractivity (Wildman–Crippen MR) is 93.2 cm³/mol. The number of benzene rings is 1. The molecule has 1 fully saturated rings. The van der Waals surface area contributed by atoms with Gasteiger partial charge in [0.15, 0.2) is 5.78 Å². The first-order valence-electron chi connectivity index (χ1n) is 8.87. The van der Waals surface area contributed by atoms with Crippen molar-refractivity contribution in [3.8, 4) is 0 Å². The molecule has 4 nitrogen and oxygen atoms in total. The number of nitrogens with zero attached hydrogens (tertiary/aromatic N) is 1. The van der Waals surface area contributed by atoms with Crippen molar-refractivity contribution in [2.45, 2.75) is 32.2 Å². The molecule has 1 aliphatic heterocycles. The second-order valence-corrected chi connectivity index (χ2v) is 6.81. The molecule has 146 valence electrons. The van der Waals surface area contributed by atoms with Crippen LogP contribution >= 0.6 is 0 Å². The zero-order valence-electron chi connectivity index (χ0n) is 15.1. The van der Waals surface area contributed by atoms with Crippen LogP contribution in [0.5, 0.6) is 0 Å². The first-order chi connectivity index (χ1) is 12.9. The van der Waals surface area contributed by atoms with E-state index in [4.69, 9.17) is 9.15 Å². The highest BCUT2D eigenvalue weighted by Gasteiger charge is 2.31. The van der Waals surface area contributed by atoms with Gasteiger partial charge in [0.05, 0.1) is 12.1 Å². The third-order valence-corrected chi connectivity index (χ3v) is 4.76. The number of ketones is 1. The number of methoxy groups -OCH3 is 1. The summed E-state index contributed by atoms with van der Waals surface area (Å²) in [6.45, 7) is 2.44. The van der Waals surface area contributed by atoms with Crippen molar-refractivity contribution in [1.82, 2.24) is 4.90 Å². The average molecular weight is 381 g/mol. The van der Waals surface area contributed by atoms with Gasteiger partial charge in [0.2, 0.25) is 0 Å². The number of furan rings is 1. The summed E-state index contributed by atoms with van der Waals surface area (Å²) >= 11 is 0. The molecule has 2 heterocycles. The van der Waals surface area contributed by atoms with E-state index in [1.807, 2.05) is 12.1 Å². The van der Waals surface area contributed by atoms with E-state index < -0.39 is 11.7 Å². The van der Waals surface area contributed by atoms with Crippen LogP contribution in [-0.2, 0) is 24.1 Å². The summed E-state index contributed by atoms with van der Waals surface area (Å²) in [6, 6.07) is 8.24. The van der Waals surface area contributed by atoms with Gasteiger partial charge < -0.3 is 9.15 Å². The first kappa shape index (κ1) is 19.6. The zero-order chi connectivity index (χ0) is 19.4. The topological polar surface area (TPSA) is 42.7 Å². The molecule has 3 rings (SSSR count). The van der Waals surface area contributed by atoms with Gasteiger partial charge >= 0.3 is 6.18 Å². The van der Waals surface area contributed by atoms with Crippen molar-refractivity contribution in [2.75, 3.05) is 20.2 Å². The molecule has 1 saturated heterocycles. The minimum Gasteiger partial charge on any atom is -0.462 e. The molecule has 1 aliphatic rings. The van der Waals surface area contributed by atoms with Crippen LogP contribution in [0, 0.1) is 5.92 Å². The SMILES string of the molecule is COCc1ccc(CN2CCCC(C(=O)c3ccc(C(F)(F)F)cc3)C2)o1. The number of halogens is 3. The van der Waals surface area contributed by atoms with Crippen LogP contribution in [0.4, 0.5) is 13.2 Å². The second-order valence-electron chi connectivity index (χ2n) is 6.81. The van der Waals surface area contributed by atoms with Gasteiger partial charge in [0, 0.05) is 25.1 Å². The Morgan fingerprint density at radius 3 is 2.56 bits per heavy atom. The Bertz CT molecular complexity index is 768. The van der Waals surface area contributed by atoms with Gasteiger partial charge in [-0.1, -0.05) is 12.1 Å². The highest BCUT2D eigenvalue weighted by atomic mass is 19.4. The molecule has 1 atom stereocenters. The molecule has 0 spiro atoms. The number of rotatable bonds is 6. The number of piperidine rings is 1. The van der Waals surface area contributed by atoms with Gasteiger partial charge in [-0.05, 0) is 43.7 Å². The van der Waals surface area contributed by atoms with Gasteiger partial charge in [-0.15, -0.1) is 0 Å². The van der Waals surface area contributed by atoms with Crippen molar-refractivity contribution < 1.29 is 27.1 Å². The Balaban J connectivity index is 1.62. The Labute approximate surface area is 155 Å². The molecule has 1 aromatic heterocycles. The van der Waals surface area contributed by atoms with E-state index in [-0.39, 0.29) is 11.7 Å². The summed E-state index contributed by atoms with van der Waals surface area (Å²) in [6.07, 6.45) is -2.79.